The van der Waals surface area contributed by atoms with E-state index in [1.54, 1.807) is 18.2 Å². The molecule has 7 heteroatoms. The summed E-state index contributed by atoms with van der Waals surface area (Å²) in [5, 5.41) is 4.21. The zero-order chi connectivity index (χ0) is 20.4. The lowest BCUT2D eigenvalue weighted by atomic mass is 9.97. The van der Waals surface area contributed by atoms with Gasteiger partial charge in [-0.1, -0.05) is 79.7 Å². The van der Waals surface area contributed by atoms with Gasteiger partial charge in [-0.25, -0.2) is 0 Å². The first-order chi connectivity index (χ1) is 14.0. The maximum atomic E-state index is 12.8. The maximum Gasteiger partial charge on any atom is 0.286 e. The Morgan fingerprint density at radius 2 is 1.38 bits per heavy atom. The number of rotatable bonds is 5. The summed E-state index contributed by atoms with van der Waals surface area (Å²) in [7, 11) is -3.89. The predicted molar refractivity (Wildman–Crippen MR) is 113 cm³/mol. The van der Waals surface area contributed by atoms with E-state index < -0.39 is 10.0 Å². The van der Waals surface area contributed by atoms with Crippen molar-refractivity contribution in [3.05, 3.63) is 96.3 Å². The first kappa shape index (κ1) is 18.9. The summed E-state index contributed by atoms with van der Waals surface area (Å²) >= 11 is 0. The molecule has 0 saturated heterocycles. The van der Waals surface area contributed by atoms with Gasteiger partial charge in [-0.3, -0.25) is 0 Å². The summed E-state index contributed by atoms with van der Waals surface area (Å²) in [6, 6.07) is 26.2. The van der Waals surface area contributed by atoms with Crippen LogP contribution in [0.5, 0.6) is 0 Å². The zero-order valence-electron chi connectivity index (χ0n) is 15.8. The van der Waals surface area contributed by atoms with Gasteiger partial charge in [-0.2, -0.15) is 13.4 Å². The Morgan fingerprint density at radius 3 is 2.00 bits per heavy atom. The van der Waals surface area contributed by atoms with Gasteiger partial charge in [-0.05, 0) is 28.8 Å². The average Bonchev–Trinajstić information content (AvgIpc) is 3.17. The van der Waals surface area contributed by atoms with Gasteiger partial charge in [0.1, 0.15) is 0 Å². The van der Waals surface area contributed by atoms with E-state index in [1.807, 2.05) is 49.4 Å². The van der Waals surface area contributed by atoms with Crippen molar-refractivity contribution in [2.24, 2.45) is 0 Å². The summed E-state index contributed by atoms with van der Waals surface area (Å²) in [5.41, 5.74) is 9.10. The molecule has 146 valence electrons. The number of hydrogen-bond donors (Lipinski definition) is 1. The highest BCUT2D eigenvalue weighted by Crippen LogP contribution is 2.27. The van der Waals surface area contributed by atoms with Gasteiger partial charge in [0.05, 0.1) is 4.90 Å². The van der Waals surface area contributed by atoms with E-state index in [2.05, 4.69) is 22.2 Å². The van der Waals surface area contributed by atoms with Crippen LogP contribution in [0.25, 0.3) is 11.1 Å². The molecule has 1 aromatic heterocycles. The van der Waals surface area contributed by atoms with Crippen LogP contribution < -0.4 is 5.73 Å². The minimum atomic E-state index is -3.89. The Kier molecular flexibility index (Phi) is 4.90. The van der Waals surface area contributed by atoms with Crippen LogP contribution in [0.2, 0.25) is 0 Å². The van der Waals surface area contributed by atoms with E-state index in [-0.39, 0.29) is 16.8 Å². The molecule has 0 aliphatic heterocycles. The minimum Gasteiger partial charge on any atom is -0.367 e. The topological polar surface area (TPSA) is 90.9 Å². The standard InChI is InChI=1S/C22H20N4O2S/c1-16(17-12-14-19(15-13-17)18-8-4-2-5-9-18)21-24-22(23)26(25-21)29(27,28)20-10-6-3-7-11-20/h2-16H,1H3,(H2,23,24,25). The number of nitrogens with zero attached hydrogens (tertiary/aromatic N) is 3. The quantitative estimate of drug-likeness (QED) is 0.544. The number of anilines is 1. The first-order valence-electron chi connectivity index (χ1n) is 9.15. The molecule has 0 amide bonds. The van der Waals surface area contributed by atoms with Crippen LogP contribution in [0.4, 0.5) is 5.95 Å². The minimum absolute atomic E-state index is 0.114. The van der Waals surface area contributed by atoms with Crippen molar-refractivity contribution >= 4 is 16.0 Å². The third kappa shape index (κ3) is 3.64. The lowest BCUT2D eigenvalue weighted by molar-refractivity contribution is 0.580. The largest absolute Gasteiger partial charge is 0.367 e. The first-order valence-corrected chi connectivity index (χ1v) is 10.6. The summed E-state index contributed by atoms with van der Waals surface area (Å²) in [6.07, 6.45) is 0. The SMILES string of the molecule is CC(c1ccc(-c2ccccc2)cc1)c1nc(N)n(S(=O)(=O)c2ccccc2)n1. The Balaban J connectivity index is 1.64. The Bertz CT molecular complexity index is 1220. The van der Waals surface area contributed by atoms with Gasteiger partial charge in [0, 0.05) is 5.92 Å². The van der Waals surface area contributed by atoms with Crippen LogP contribution in [-0.4, -0.2) is 22.6 Å². The molecule has 4 rings (SSSR count). The molecule has 0 saturated carbocycles. The van der Waals surface area contributed by atoms with Crippen molar-refractivity contribution < 1.29 is 8.42 Å². The third-order valence-corrected chi connectivity index (χ3v) is 6.38. The molecule has 0 bridgehead atoms. The molecule has 1 unspecified atom stereocenters. The fraction of sp³-hybridized carbons (Fsp3) is 0.0909. The lowest BCUT2D eigenvalue weighted by Crippen LogP contribution is -2.17. The second-order valence-corrected chi connectivity index (χ2v) is 8.47. The van der Waals surface area contributed by atoms with E-state index in [9.17, 15) is 8.42 Å². The highest BCUT2D eigenvalue weighted by Gasteiger charge is 2.24. The molecular formula is C22H20N4O2S. The second kappa shape index (κ2) is 7.52. The molecular weight excluding hydrogens is 384 g/mol. The number of hydrogen-bond acceptors (Lipinski definition) is 5. The number of nitrogen functional groups attached to an aromatic ring is 1. The van der Waals surface area contributed by atoms with Crippen LogP contribution in [0.3, 0.4) is 0 Å². The van der Waals surface area contributed by atoms with Crippen LogP contribution in [0, 0.1) is 0 Å². The van der Waals surface area contributed by atoms with E-state index in [1.165, 1.54) is 12.1 Å². The van der Waals surface area contributed by atoms with Crippen molar-refractivity contribution in [1.82, 2.24) is 14.2 Å². The van der Waals surface area contributed by atoms with Crippen molar-refractivity contribution in [2.75, 3.05) is 5.73 Å². The highest BCUT2D eigenvalue weighted by molar-refractivity contribution is 7.90. The van der Waals surface area contributed by atoms with Crippen LogP contribution in [0.1, 0.15) is 24.2 Å². The van der Waals surface area contributed by atoms with E-state index in [4.69, 9.17) is 5.73 Å². The van der Waals surface area contributed by atoms with Crippen molar-refractivity contribution in [1.29, 1.82) is 0 Å². The Labute approximate surface area is 169 Å². The molecule has 0 spiro atoms. The molecule has 1 atom stereocenters. The van der Waals surface area contributed by atoms with Gasteiger partial charge < -0.3 is 5.73 Å². The molecule has 3 aromatic carbocycles. The zero-order valence-corrected chi connectivity index (χ0v) is 16.6. The van der Waals surface area contributed by atoms with Gasteiger partial charge in [0.2, 0.25) is 5.95 Å². The third-order valence-electron chi connectivity index (χ3n) is 4.79. The fourth-order valence-corrected chi connectivity index (χ4v) is 4.30. The van der Waals surface area contributed by atoms with E-state index in [0.717, 1.165) is 20.8 Å². The van der Waals surface area contributed by atoms with Crippen LogP contribution in [0.15, 0.2) is 89.8 Å². The normalized spacial score (nSPS) is 12.6. The number of aromatic nitrogens is 3. The smallest absolute Gasteiger partial charge is 0.286 e. The molecule has 0 fully saturated rings. The lowest BCUT2D eigenvalue weighted by Gasteiger charge is -2.09. The van der Waals surface area contributed by atoms with Crippen LogP contribution in [-0.2, 0) is 10.0 Å². The number of nitrogens with two attached hydrogens (primary N) is 1. The van der Waals surface area contributed by atoms with E-state index in [0.29, 0.717) is 5.82 Å². The molecule has 29 heavy (non-hydrogen) atoms. The van der Waals surface area contributed by atoms with Crippen molar-refractivity contribution in [3.63, 3.8) is 0 Å². The van der Waals surface area contributed by atoms with Gasteiger partial charge in [-0.15, -0.1) is 9.19 Å². The molecule has 4 aromatic rings. The fourth-order valence-electron chi connectivity index (χ4n) is 3.12. The van der Waals surface area contributed by atoms with E-state index >= 15 is 0 Å². The second-order valence-electron chi connectivity index (χ2n) is 6.70. The maximum absolute atomic E-state index is 12.8. The molecule has 1 heterocycles. The molecule has 0 radical (unpaired) electrons. The summed E-state index contributed by atoms with van der Waals surface area (Å²) in [6.45, 7) is 1.92. The average molecular weight is 404 g/mol. The summed E-state index contributed by atoms with van der Waals surface area (Å²) in [5.74, 6) is -0.0135. The number of benzene rings is 3. The molecule has 6 nitrogen and oxygen atoms in total. The molecule has 2 N–H and O–H groups in total. The molecule has 0 aliphatic carbocycles. The van der Waals surface area contributed by atoms with Crippen molar-refractivity contribution in [2.45, 2.75) is 17.7 Å². The van der Waals surface area contributed by atoms with Gasteiger partial charge in [0.15, 0.2) is 5.82 Å². The Morgan fingerprint density at radius 1 is 0.828 bits per heavy atom. The monoisotopic (exact) mass is 404 g/mol. The molecule has 0 aliphatic rings. The van der Waals surface area contributed by atoms with Crippen molar-refractivity contribution in [3.8, 4) is 11.1 Å². The van der Waals surface area contributed by atoms with Crippen LogP contribution >= 0.6 is 0 Å². The summed E-state index contributed by atoms with van der Waals surface area (Å²) < 4.78 is 26.4. The Hall–Kier alpha value is -3.45. The predicted octanol–water partition coefficient (Wildman–Crippen LogP) is 3.92. The highest BCUT2D eigenvalue weighted by atomic mass is 32.2. The summed E-state index contributed by atoms with van der Waals surface area (Å²) in [4.78, 5) is 4.32. The van der Waals surface area contributed by atoms with Gasteiger partial charge >= 0.3 is 0 Å². The van der Waals surface area contributed by atoms with Gasteiger partial charge in [0.25, 0.3) is 10.0 Å².